The van der Waals surface area contributed by atoms with Crippen molar-refractivity contribution in [3.05, 3.63) is 73.7 Å². The van der Waals surface area contributed by atoms with Gasteiger partial charge in [-0.05, 0) is 0 Å². The number of nitrogens with zero attached hydrogens (tertiary/aromatic N) is 6. The maximum atomic E-state index is 2.59. The molecule has 0 spiro atoms. The van der Waals surface area contributed by atoms with Gasteiger partial charge in [-0.25, -0.2) is 0 Å². The second-order valence-electron chi connectivity index (χ2n) is 15.9. The summed E-state index contributed by atoms with van der Waals surface area (Å²) in [5.74, 6) is 0. The molecule has 0 radical (unpaired) electrons. The van der Waals surface area contributed by atoms with Gasteiger partial charge >= 0.3 is 319 Å². The molecule has 0 heterocycles. The summed E-state index contributed by atoms with van der Waals surface area (Å²) in [5.41, 5.74) is 15.8. The molecule has 0 saturated heterocycles. The number of rotatable bonds is 10. The van der Waals surface area contributed by atoms with E-state index in [9.17, 15) is 0 Å². The van der Waals surface area contributed by atoms with E-state index in [1.165, 1.54) is 87.0 Å². The first-order chi connectivity index (χ1) is 23.1. The van der Waals surface area contributed by atoms with Crippen LogP contribution < -0.4 is 82.2 Å². The fourth-order valence-corrected chi connectivity index (χ4v) is 16.4. The quantitative estimate of drug-likeness (QED) is 0.164. The van der Waals surface area contributed by atoms with Gasteiger partial charge in [-0.1, -0.05) is 0 Å². The SMILES string of the molecule is CC1=C(C)C(C)([Si](c2cc(N(C)C)c(C)c(N(C)C)c2)(c2cc(N(C)C)c(C)c(N(C)C)c2)c2cc(N(C)C)c(C)c(N(C)C)c2)[C]([Ti+3])=C1C.[Cl-].[Cl-].[Cl-]. The van der Waals surface area contributed by atoms with Gasteiger partial charge in [0, 0.05) is 0 Å². The van der Waals surface area contributed by atoms with Crippen molar-refractivity contribution in [2.45, 2.75) is 53.5 Å². The third kappa shape index (κ3) is 7.78. The van der Waals surface area contributed by atoms with E-state index in [1.807, 2.05) is 0 Å². The molecule has 0 aliphatic heterocycles. The van der Waals surface area contributed by atoms with E-state index in [0.29, 0.717) is 0 Å². The van der Waals surface area contributed by atoms with Crippen molar-refractivity contribution in [3.8, 4) is 0 Å². The van der Waals surface area contributed by atoms with Gasteiger partial charge in [-0.3, -0.25) is 0 Å². The molecular weight excluding hydrogens is 771 g/mol. The zero-order valence-electron chi connectivity index (χ0n) is 35.8. The summed E-state index contributed by atoms with van der Waals surface area (Å²) in [6.45, 7) is 16.5. The maximum absolute atomic E-state index is 3.13. The summed E-state index contributed by atoms with van der Waals surface area (Å²) in [5, 5.41) is 4.01. The minimum atomic E-state index is -3.13. The van der Waals surface area contributed by atoms with Crippen LogP contribution in [0.5, 0.6) is 0 Å². The molecule has 0 amide bonds. The first-order valence-corrected chi connectivity index (χ1v) is 20.5. The van der Waals surface area contributed by atoms with Gasteiger partial charge in [0.15, 0.2) is 0 Å². The third-order valence-corrected chi connectivity index (χ3v) is 19.1. The second kappa shape index (κ2) is 17.7. The summed E-state index contributed by atoms with van der Waals surface area (Å²) in [6.07, 6.45) is 0. The van der Waals surface area contributed by atoms with Gasteiger partial charge in [0.1, 0.15) is 0 Å². The minimum Gasteiger partial charge on any atom is -1.00 e. The molecule has 1 atom stereocenters. The molecule has 0 N–H and O–H groups in total. The van der Waals surface area contributed by atoms with Crippen LogP contribution in [0.2, 0.25) is 5.04 Å². The normalized spacial score (nSPS) is 15.4. The van der Waals surface area contributed by atoms with E-state index in [1.54, 1.807) is 0 Å². The van der Waals surface area contributed by atoms with Crippen LogP contribution in [0.4, 0.5) is 34.1 Å². The van der Waals surface area contributed by atoms with E-state index in [4.69, 9.17) is 0 Å². The summed E-state index contributed by atoms with van der Waals surface area (Å²) in [4.78, 5) is 13.8. The Morgan fingerprint density at radius 1 is 0.415 bits per heavy atom. The van der Waals surface area contributed by atoms with Gasteiger partial charge in [0.05, 0.1) is 0 Å². The molecule has 0 saturated carbocycles. The number of allylic oxidation sites excluding steroid dienone is 4. The van der Waals surface area contributed by atoms with Crippen LogP contribution in [0.15, 0.2) is 57.0 Å². The molecule has 1 aliphatic rings. The van der Waals surface area contributed by atoms with Crippen molar-refractivity contribution in [2.75, 3.05) is 114 Å². The van der Waals surface area contributed by atoms with Gasteiger partial charge in [0.25, 0.3) is 0 Å². The molecule has 6 nitrogen and oxygen atoms in total. The molecule has 0 aromatic heterocycles. The Bertz CT molecular complexity index is 1600. The fraction of sp³-hybridized carbons (Fsp3) is 0.476. The number of hydrogen-bond acceptors (Lipinski definition) is 6. The van der Waals surface area contributed by atoms with E-state index in [0.717, 1.165) is 0 Å². The average molecular weight is 834 g/mol. The minimum absolute atomic E-state index is 0. The van der Waals surface area contributed by atoms with Crippen LogP contribution in [0.3, 0.4) is 0 Å². The van der Waals surface area contributed by atoms with Gasteiger partial charge < -0.3 is 37.2 Å². The molecule has 3 aromatic carbocycles. The largest absolute Gasteiger partial charge is 1.00 e. The van der Waals surface area contributed by atoms with Crippen LogP contribution >= 0.6 is 0 Å². The number of benzene rings is 3. The van der Waals surface area contributed by atoms with E-state index in [-0.39, 0.29) is 42.3 Å². The summed E-state index contributed by atoms with van der Waals surface area (Å²) in [7, 11) is 23.2. The molecular formula is C42H63Cl3N6SiTi. The van der Waals surface area contributed by atoms with E-state index >= 15 is 0 Å². The van der Waals surface area contributed by atoms with Crippen molar-refractivity contribution >= 4 is 57.8 Å². The molecule has 1 aliphatic carbocycles. The number of hydrogen-bond donors (Lipinski definition) is 0. The molecule has 53 heavy (non-hydrogen) atoms. The average Bonchev–Trinajstić information content (AvgIpc) is 3.17. The summed E-state index contributed by atoms with van der Waals surface area (Å²) < 4.78 is 1.48. The molecule has 0 bridgehead atoms. The van der Waals surface area contributed by atoms with Crippen LogP contribution in [0.1, 0.15) is 44.4 Å². The zero-order valence-corrected chi connectivity index (χ0v) is 40.6. The van der Waals surface area contributed by atoms with Crippen LogP contribution in [-0.2, 0) is 20.4 Å². The van der Waals surface area contributed by atoms with Crippen molar-refractivity contribution in [1.82, 2.24) is 0 Å². The van der Waals surface area contributed by atoms with Crippen molar-refractivity contribution < 1.29 is 57.7 Å². The van der Waals surface area contributed by atoms with E-state index < -0.39 is 8.07 Å². The van der Waals surface area contributed by atoms with Gasteiger partial charge in [-0.2, -0.15) is 0 Å². The molecule has 0 fully saturated rings. The zero-order chi connectivity index (χ0) is 37.9. The fourth-order valence-electron chi connectivity index (χ4n) is 8.73. The maximum Gasteiger partial charge on any atom is -1.00 e. The van der Waals surface area contributed by atoms with Crippen LogP contribution in [-0.4, -0.2) is 92.6 Å². The van der Waals surface area contributed by atoms with Crippen molar-refractivity contribution in [2.24, 2.45) is 0 Å². The first-order valence-electron chi connectivity index (χ1n) is 17.7. The van der Waals surface area contributed by atoms with Crippen LogP contribution in [0, 0.1) is 20.8 Å². The molecule has 3 aromatic rings. The number of anilines is 6. The Hall–Kier alpha value is -2.26. The predicted molar refractivity (Wildman–Crippen MR) is 224 cm³/mol. The Morgan fingerprint density at radius 3 is 0.774 bits per heavy atom. The third-order valence-electron chi connectivity index (χ3n) is 11.7. The Balaban J connectivity index is 0.00000468. The van der Waals surface area contributed by atoms with Crippen molar-refractivity contribution in [3.63, 3.8) is 0 Å². The standard InChI is InChI=1S/C42H63N6Si.3ClH.Ti/c1-27-26-42(7,32(6)28(27)2)49(33-20-36(43(8)9)29(3)37(21-33)44(10)11,34-22-38(45(12)13)30(4)39(23-34)46(14)15)35-24-40(47(16)17)31(5)41(25-35)48(18)19;;;;/h20-25H,1-19H3;3*1H;/q;;;;+3/p-3. The van der Waals surface area contributed by atoms with Gasteiger partial charge in [0.2, 0.25) is 0 Å². The Labute approximate surface area is 354 Å². The summed E-state index contributed by atoms with van der Waals surface area (Å²) >= 11 is 2.42. The first kappa shape index (κ1) is 48.8. The number of halogens is 3. The monoisotopic (exact) mass is 832 g/mol. The van der Waals surface area contributed by atoms with E-state index in [2.05, 4.69) is 219 Å². The Kier molecular flexibility index (Phi) is 16.3. The molecule has 290 valence electrons. The topological polar surface area (TPSA) is 19.4 Å². The van der Waals surface area contributed by atoms with Crippen molar-refractivity contribution in [1.29, 1.82) is 0 Å². The summed E-state index contributed by atoms with van der Waals surface area (Å²) in [6, 6.07) is 15.3. The molecule has 1 unspecified atom stereocenters. The Morgan fingerprint density at radius 2 is 0.623 bits per heavy atom. The smallest absolute Gasteiger partial charge is 1.00 e. The second-order valence-corrected chi connectivity index (χ2v) is 20.9. The predicted octanol–water partition coefficient (Wildman–Crippen LogP) is -2.58. The molecule has 4 rings (SSSR count). The van der Waals surface area contributed by atoms with Crippen LogP contribution in [0.25, 0.3) is 0 Å². The molecule has 11 heteroatoms. The van der Waals surface area contributed by atoms with Gasteiger partial charge in [-0.15, -0.1) is 0 Å².